The van der Waals surface area contributed by atoms with E-state index < -0.39 is 6.09 Å². The Kier molecular flexibility index (Phi) is 3.76. The minimum atomic E-state index is -0.991. The number of rotatable bonds is 1. The summed E-state index contributed by atoms with van der Waals surface area (Å²) in [5, 5.41) is 11.0. The molecule has 74 valence electrons. The molecule has 0 spiro atoms. The molecule has 0 aliphatic heterocycles. The molecule has 0 saturated carbocycles. The number of allylic oxidation sites excluding steroid dienone is 1. The molecule has 0 heterocycles. The van der Waals surface area contributed by atoms with Gasteiger partial charge in [0.25, 0.3) is 0 Å². The number of carbonyl (C=O) groups is 1. The van der Waals surface area contributed by atoms with Gasteiger partial charge >= 0.3 is 6.09 Å². The highest BCUT2D eigenvalue weighted by Gasteiger charge is 2.17. The lowest BCUT2D eigenvalue weighted by atomic mass is 9.98. The minimum Gasteiger partial charge on any atom is -0.465 e. The average Bonchev–Trinajstić information content (AvgIpc) is 2.04. The second-order valence-corrected chi connectivity index (χ2v) is 3.35. The number of amides is 1. The molecule has 0 radical (unpaired) electrons. The molecule has 1 aliphatic carbocycles. The van der Waals surface area contributed by atoms with Crippen LogP contribution in [0.4, 0.5) is 4.79 Å². The first-order valence-corrected chi connectivity index (χ1v) is 4.62. The maximum atomic E-state index is 10.4. The van der Waals surface area contributed by atoms with E-state index in [1.165, 1.54) is 0 Å². The molecule has 0 fully saturated rings. The van der Waals surface area contributed by atoms with Crippen molar-refractivity contribution in [3.05, 3.63) is 12.2 Å². The van der Waals surface area contributed by atoms with Gasteiger partial charge in [0, 0.05) is 6.04 Å². The molecule has 1 amide bonds. The standard InChI is InChI=1S/C9H16N2O2/c10-7-5-3-1-2-4-6-8(7)11-9(12)13/h3,5,7-8,11H,1-2,4,6,10H2,(H,12,13). The number of hydrogen-bond acceptors (Lipinski definition) is 2. The van der Waals surface area contributed by atoms with Gasteiger partial charge in [-0.1, -0.05) is 18.6 Å². The van der Waals surface area contributed by atoms with E-state index in [1.54, 1.807) is 0 Å². The lowest BCUT2D eigenvalue weighted by molar-refractivity contribution is 0.187. The highest BCUT2D eigenvalue weighted by molar-refractivity contribution is 5.65. The fraction of sp³-hybridized carbons (Fsp3) is 0.667. The third-order valence-corrected chi connectivity index (χ3v) is 2.27. The van der Waals surface area contributed by atoms with E-state index in [0.717, 1.165) is 25.7 Å². The topological polar surface area (TPSA) is 75.3 Å². The highest BCUT2D eigenvalue weighted by Crippen LogP contribution is 2.11. The summed E-state index contributed by atoms with van der Waals surface area (Å²) in [6, 6.07) is -0.314. The molecule has 0 bridgehead atoms. The SMILES string of the molecule is NC1C=CCCCCC1NC(=O)O. The van der Waals surface area contributed by atoms with Crippen LogP contribution in [-0.2, 0) is 0 Å². The highest BCUT2D eigenvalue weighted by atomic mass is 16.4. The van der Waals surface area contributed by atoms with Crippen molar-refractivity contribution in [1.29, 1.82) is 0 Å². The fourth-order valence-electron chi connectivity index (χ4n) is 1.53. The van der Waals surface area contributed by atoms with Crippen molar-refractivity contribution in [2.24, 2.45) is 5.73 Å². The fourth-order valence-corrected chi connectivity index (χ4v) is 1.53. The monoisotopic (exact) mass is 184 g/mol. The van der Waals surface area contributed by atoms with Crippen LogP contribution in [0.1, 0.15) is 25.7 Å². The summed E-state index contributed by atoms with van der Waals surface area (Å²) in [5.41, 5.74) is 5.78. The summed E-state index contributed by atoms with van der Waals surface area (Å²) in [5.74, 6) is 0. The van der Waals surface area contributed by atoms with Crippen molar-refractivity contribution in [3.63, 3.8) is 0 Å². The van der Waals surface area contributed by atoms with Crippen LogP contribution in [0.3, 0.4) is 0 Å². The van der Waals surface area contributed by atoms with Crippen LogP contribution in [0.2, 0.25) is 0 Å². The summed E-state index contributed by atoms with van der Waals surface area (Å²) < 4.78 is 0. The molecular weight excluding hydrogens is 168 g/mol. The molecule has 0 aromatic rings. The van der Waals surface area contributed by atoms with E-state index >= 15 is 0 Å². The maximum Gasteiger partial charge on any atom is 0.404 e. The third kappa shape index (κ3) is 3.46. The molecule has 13 heavy (non-hydrogen) atoms. The van der Waals surface area contributed by atoms with Gasteiger partial charge in [0.1, 0.15) is 0 Å². The normalized spacial score (nSPS) is 29.0. The summed E-state index contributed by atoms with van der Waals surface area (Å²) in [6.45, 7) is 0. The molecule has 0 saturated heterocycles. The Bertz CT molecular complexity index is 204. The lowest BCUT2D eigenvalue weighted by Crippen LogP contribution is -2.46. The van der Waals surface area contributed by atoms with Gasteiger partial charge in [-0.2, -0.15) is 0 Å². The van der Waals surface area contributed by atoms with E-state index in [1.807, 2.05) is 12.2 Å². The molecule has 2 atom stereocenters. The van der Waals surface area contributed by atoms with E-state index in [9.17, 15) is 4.79 Å². The van der Waals surface area contributed by atoms with E-state index in [-0.39, 0.29) is 12.1 Å². The smallest absolute Gasteiger partial charge is 0.404 e. The zero-order valence-electron chi connectivity index (χ0n) is 7.57. The van der Waals surface area contributed by atoms with Crippen molar-refractivity contribution in [2.75, 3.05) is 0 Å². The molecule has 4 nitrogen and oxygen atoms in total. The quantitative estimate of drug-likeness (QED) is 0.534. The average molecular weight is 184 g/mol. The van der Waals surface area contributed by atoms with Gasteiger partial charge < -0.3 is 16.2 Å². The molecule has 0 aromatic carbocycles. The van der Waals surface area contributed by atoms with Crippen molar-refractivity contribution in [1.82, 2.24) is 5.32 Å². The molecule has 2 unspecified atom stereocenters. The van der Waals surface area contributed by atoms with E-state index in [4.69, 9.17) is 10.8 Å². The summed E-state index contributed by atoms with van der Waals surface area (Å²) in [4.78, 5) is 10.4. The Labute approximate surface area is 77.8 Å². The van der Waals surface area contributed by atoms with Gasteiger partial charge in [-0.15, -0.1) is 0 Å². The number of carboxylic acid groups (broad SMARTS) is 1. The van der Waals surface area contributed by atoms with Gasteiger partial charge in [0.15, 0.2) is 0 Å². The van der Waals surface area contributed by atoms with Crippen LogP contribution in [-0.4, -0.2) is 23.3 Å². The molecule has 4 N–H and O–H groups in total. The van der Waals surface area contributed by atoms with Crippen molar-refractivity contribution in [3.8, 4) is 0 Å². The van der Waals surface area contributed by atoms with Crippen LogP contribution >= 0.6 is 0 Å². The van der Waals surface area contributed by atoms with Gasteiger partial charge in [0.2, 0.25) is 0 Å². The van der Waals surface area contributed by atoms with Crippen LogP contribution in [0.5, 0.6) is 0 Å². The molecule has 1 aliphatic rings. The zero-order chi connectivity index (χ0) is 9.68. The second kappa shape index (κ2) is 4.87. The van der Waals surface area contributed by atoms with Crippen LogP contribution in [0.25, 0.3) is 0 Å². The zero-order valence-corrected chi connectivity index (χ0v) is 7.57. The van der Waals surface area contributed by atoms with Gasteiger partial charge in [-0.25, -0.2) is 4.79 Å². The molecule has 0 aromatic heterocycles. The predicted octanol–water partition coefficient (Wildman–Crippen LogP) is 1.08. The summed E-state index contributed by atoms with van der Waals surface area (Å²) in [6.07, 6.45) is 6.95. The molecular formula is C9H16N2O2. The Morgan fingerprint density at radius 1 is 1.54 bits per heavy atom. The Morgan fingerprint density at radius 3 is 3.00 bits per heavy atom. The predicted molar refractivity (Wildman–Crippen MR) is 50.5 cm³/mol. The minimum absolute atomic E-state index is 0.131. The first-order chi connectivity index (χ1) is 6.20. The van der Waals surface area contributed by atoms with Crippen LogP contribution in [0.15, 0.2) is 12.2 Å². The van der Waals surface area contributed by atoms with Gasteiger partial charge in [-0.3, -0.25) is 0 Å². The number of nitrogens with one attached hydrogen (secondary N) is 1. The lowest BCUT2D eigenvalue weighted by Gasteiger charge is -2.22. The molecule has 4 heteroatoms. The first-order valence-electron chi connectivity index (χ1n) is 4.62. The molecule has 1 rings (SSSR count). The van der Waals surface area contributed by atoms with Crippen molar-refractivity contribution >= 4 is 6.09 Å². The Morgan fingerprint density at radius 2 is 2.31 bits per heavy atom. The number of nitrogens with two attached hydrogens (primary N) is 1. The van der Waals surface area contributed by atoms with Crippen LogP contribution < -0.4 is 11.1 Å². The van der Waals surface area contributed by atoms with Crippen LogP contribution in [0, 0.1) is 0 Å². The third-order valence-electron chi connectivity index (χ3n) is 2.27. The summed E-state index contributed by atoms with van der Waals surface area (Å²) >= 11 is 0. The van der Waals surface area contributed by atoms with Crippen molar-refractivity contribution in [2.45, 2.75) is 37.8 Å². The maximum absolute atomic E-state index is 10.4. The summed E-state index contributed by atoms with van der Waals surface area (Å²) in [7, 11) is 0. The number of hydrogen-bond donors (Lipinski definition) is 3. The van der Waals surface area contributed by atoms with Gasteiger partial charge in [-0.05, 0) is 19.3 Å². The van der Waals surface area contributed by atoms with Gasteiger partial charge in [0.05, 0.1) is 6.04 Å². The largest absolute Gasteiger partial charge is 0.465 e. The first kappa shape index (κ1) is 10.1. The van der Waals surface area contributed by atoms with E-state index in [2.05, 4.69) is 5.32 Å². The van der Waals surface area contributed by atoms with E-state index in [0.29, 0.717) is 0 Å². The van der Waals surface area contributed by atoms with Crippen molar-refractivity contribution < 1.29 is 9.90 Å². The second-order valence-electron chi connectivity index (χ2n) is 3.35. The Balaban J connectivity index is 2.52. The Hall–Kier alpha value is -1.03.